The molecule has 0 heterocycles. The third kappa shape index (κ3) is 5.48. The van der Waals surface area contributed by atoms with Gasteiger partial charge in [0.2, 0.25) is 0 Å². The van der Waals surface area contributed by atoms with Crippen LogP contribution in [0.3, 0.4) is 0 Å². The molecule has 1 N–H and O–H groups in total. The Hall–Kier alpha value is -0.790. The van der Waals surface area contributed by atoms with Crippen LogP contribution in [0.5, 0.6) is 5.75 Å². The Balaban J connectivity index is 2.95. The smallest absolute Gasteiger partial charge is 0.265 e. The van der Waals surface area contributed by atoms with E-state index in [1.54, 1.807) is 13.0 Å². The first-order valence-electron chi connectivity index (χ1n) is 6.36. The number of hydrogen-bond donors (Lipinski definition) is 1. The van der Waals surface area contributed by atoms with Crippen molar-refractivity contribution < 1.29 is 17.9 Å². The summed E-state index contributed by atoms with van der Waals surface area (Å²) in [6, 6.07) is 4.41. The van der Waals surface area contributed by atoms with E-state index in [4.69, 9.17) is 15.4 Å². The minimum atomic E-state index is -3.97. The lowest BCUT2D eigenvalue weighted by Crippen LogP contribution is -2.41. The number of carbonyl (C=O) groups excluding carboxylic acids is 1. The van der Waals surface area contributed by atoms with E-state index in [1.165, 1.54) is 12.1 Å². The molecule has 0 bridgehead atoms. The number of hydrogen-bond acceptors (Lipinski definition) is 4. The highest BCUT2D eigenvalue weighted by Crippen LogP contribution is 2.30. The molecule has 21 heavy (non-hydrogen) atoms. The predicted octanol–water partition coefficient (Wildman–Crippen LogP) is 3.06. The molecule has 0 radical (unpaired) electrons. The molecular formula is C13H17BrClNO4S. The molecule has 0 aliphatic heterocycles. The van der Waals surface area contributed by atoms with Crippen LogP contribution in [0.1, 0.15) is 27.2 Å². The molecule has 0 saturated carbocycles. The average molecular weight is 399 g/mol. The topological polar surface area (TPSA) is 72.5 Å². The number of halogens is 2. The lowest BCUT2D eigenvalue weighted by molar-refractivity contribution is -0.128. The quantitative estimate of drug-likeness (QED) is 0.748. The number of nitrogens with one attached hydrogen (secondary N) is 1. The Morgan fingerprint density at radius 3 is 2.57 bits per heavy atom. The molecule has 5 nitrogen and oxygen atoms in total. The molecule has 1 amide bonds. The van der Waals surface area contributed by atoms with Crippen molar-refractivity contribution in [2.24, 2.45) is 0 Å². The Morgan fingerprint density at radius 2 is 2.05 bits per heavy atom. The maximum absolute atomic E-state index is 11.9. The maximum atomic E-state index is 11.9. The largest absolute Gasteiger partial charge is 0.479 e. The third-order valence-corrected chi connectivity index (χ3v) is 4.68. The molecule has 1 aromatic rings. The summed E-state index contributed by atoms with van der Waals surface area (Å²) in [6.07, 6.45) is -0.0461. The summed E-state index contributed by atoms with van der Waals surface area (Å²) < 4.78 is 29.1. The molecular weight excluding hydrogens is 382 g/mol. The van der Waals surface area contributed by atoms with Crippen molar-refractivity contribution in [2.45, 2.75) is 44.2 Å². The van der Waals surface area contributed by atoms with Crippen LogP contribution in [0.4, 0.5) is 0 Å². The van der Waals surface area contributed by atoms with Crippen molar-refractivity contribution in [3.05, 3.63) is 22.7 Å². The SMILES string of the molecule is CCC(C)NC(=O)C(C)Oc1ccc(Br)cc1S(=O)(=O)Cl. The van der Waals surface area contributed by atoms with Gasteiger partial charge in [-0.25, -0.2) is 8.42 Å². The Bertz CT molecular complexity index is 621. The number of benzene rings is 1. The van der Waals surface area contributed by atoms with Crippen LogP contribution in [0, 0.1) is 0 Å². The summed E-state index contributed by atoms with van der Waals surface area (Å²) >= 11 is 3.17. The van der Waals surface area contributed by atoms with Crippen molar-refractivity contribution >= 4 is 41.6 Å². The van der Waals surface area contributed by atoms with Gasteiger partial charge < -0.3 is 10.1 Å². The second-order valence-electron chi connectivity index (χ2n) is 4.61. The van der Waals surface area contributed by atoms with Crippen LogP contribution >= 0.6 is 26.6 Å². The Morgan fingerprint density at radius 1 is 1.43 bits per heavy atom. The lowest BCUT2D eigenvalue weighted by atomic mass is 10.2. The molecule has 1 rings (SSSR count). The number of amides is 1. The molecule has 0 aliphatic rings. The third-order valence-electron chi connectivity index (χ3n) is 2.84. The van der Waals surface area contributed by atoms with Gasteiger partial charge in [-0.3, -0.25) is 4.79 Å². The molecule has 2 atom stereocenters. The molecule has 0 fully saturated rings. The Labute approximate surface area is 137 Å². The molecule has 0 spiro atoms. The van der Waals surface area contributed by atoms with E-state index in [2.05, 4.69) is 21.2 Å². The van der Waals surface area contributed by atoms with Gasteiger partial charge in [-0.05, 0) is 38.5 Å². The van der Waals surface area contributed by atoms with Gasteiger partial charge in [0.1, 0.15) is 10.6 Å². The minimum absolute atomic E-state index is 0.0182. The first kappa shape index (κ1) is 18.3. The summed E-state index contributed by atoms with van der Waals surface area (Å²) in [4.78, 5) is 11.7. The van der Waals surface area contributed by atoms with Crippen molar-refractivity contribution in [3.8, 4) is 5.75 Å². The fourth-order valence-corrected chi connectivity index (χ4v) is 2.97. The zero-order chi connectivity index (χ0) is 16.2. The van der Waals surface area contributed by atoms with E-state index in [0.717, 1.165) is 6.42 Å². The van der Waals surface area contributed by atoms with Crippen molar-refractivity contribution in [1.82, 2.24) is 5.32 Å². The van der Waals surface area contributed by atoms with Gasteiger partial charge in [0.25, 0.3) is 15.0 Å². The lowest BCUT2D eigenvalue weighted by Gasteiger charge is -2.18. The summed E-state index contributed by atoms with van der Waals surface area (Å²) in [5.74, 6) is -0.273. The van der Waals surface area contributed by atoms with Gasteiger partial charge in [-0.2, -0.15) is 0 Å². The predicted molar refractivity (Wildman–Crippen MR) is 85.2 cm³/mol. The zero-order valence-corrected chi connectivity index (χ0v) is 15.0. The van der Waals surface area contributed by atoms with E-state index < -0.39 is 15.2 Å². The molecule has 0 saturated heterocycles. The highest BCUT2D eigenvalue weighted by Gasteiger charge is 2.22. The maximum Gasteiger partial charge on any atom is 0.265 e. The molecule has 118 valence electrons. The van der Waals surface area contributed by atoms with Crippen molar-refractivity contribution in [3.63, 3.8) is 0 Å². The van der Waals surface area contributed by atoms with Crippen LogP contribution in [-0.4, -0.2) is 26.5 Å². The fourth-order valence-electron chi connectivity index (χ4n) is 1.48. The monoisotopic (exact) mass is 397 g/mol. The van der Waals surface area contributed by atoms with Crippen LogP contribution in [0.15, 0.2) is 27.6 Å². The number of rotatable bonds is 6. The van der Waals surface area contributed by atoms with Gasteiger partial charge in [-0.1, -0.05) is 22.9 Å². The van der Waals surface area contributed by atoms with Gasteiger partial charge in [0, 0.05) is 21.2 Å². The van der Waals surface area contributed by atoms with Crippen LogP contribution < -0.4 is 10.1 Å². The highest BCUT2D eigenvalue weighted by atomic mass is 79.9. The molecule has 2 unspecified atom stereocenters. The van der Waals surface area contributed by atoms with Gasteiger partial charge >= 0.3 is 0 Å². The van der Waals surface area contributed by atoms with Crippen molar-refractivity contribution in [1.29, 1.82) is 0 Å². The van der Waals surface area contributed by atoms with Crippen molar-refractivity contribution in [2.75, 3.05) is 0 Å². The second kappa shape index (κ2) is 7.47. The fraction of sp³-hybridized carbons (Fsp3) is 0.462. The molecule has 0 aliphatic carbocycles. The number of ether oxygens (including phenoxy) is 1. The first-order chi connectivity index (χ1) is 9.65. The van der Waals surface area contributed by atoms with E-state index in [9.17, 15) is 13.2 Å². The van der Waals surface area contributed by atoms with Crippen LogP contribution in [0.2, 0.25) is 0 Å². The standard InChI is InChI=1S/C13H17BrClNO4S/c1-4-8(2)16-13(17)9(3)20-11-6-5-10(14)7-12(11)21(15,18)19/h5-9H,4H2,1-3H3,(H,16,17). The molecule has 8 heteroatoms. The first-order valence-corrected chi connectivity index (χ1v) is 9.46. The average Bonchev–Trinajstić information content (AvgIpc) is 2.39. The summed E-state index contributed by atoms with van der Waals surface area (Å²) in [5, 5.41) is 2.76. The van der Waals surface area contributed by atoms with Crippen LogP contribution in [-0.2, 0) is 13.8 Å². The van der Waals surface area contributed by atoms with E-state index in [-0.39, 0.29) is 22.6 Å². The normalized spacial score (nSPS) is 14.3. The van der Waals surface area contributed by atoms with Crippen LogP contribution in [0.25, 0.3) is 0 Å². The zero-order valence-electron chi connectivity index (χ0n) is 11.9. The minimum Gasteiger partial charge on any atom is -0.479 e. The number of carbonyl (C=O) groups is 1. The summed E-state index contributed by atoms with van der Waals surface area (Å²) in [5.41, 5.74) is 0. The molecule has 0 aromatic heterocycles. The van der Waals surface area contributed by atoms with Gasteiger partial charge in [-0.15, -0.1) is 0 Å². The summed E-state index contributed by atoms with van der Waals surface area (Å²) in [6.45, 7) is 5.37. The summed E-state index contributed by atoms with van der Waals surface area (Å²) in [7, 11) is 1.41. The highest BCUT2D eigenvalue weighted by molar-refractivity contribution is 9.10. The molecule has 1 aromatic carbocycles. The van der Waals surface area contributed by atoms with E-state index >= 15 is 0 Å². The van der Waals surface area contributed by atoms with Gasteiger partial charge in [0.15, 0.2) is 6.10 Å². The van der Waals surface area contributed by atoms with E-state index in [0.29, 0.717) is 4.47 Å². The van der Waals surface area contributed by atoms with E-state index in [1.807, 2.05) is 13.8 Å². The van der Waals surface area contributed by atoms with Gasteiger partial charge in [0.05, 0.1) is 0 Å². The second-order valence-corrected chi connectivity index (χ2v) is 8.06. The Kier molecular flexibility index (Phi) is 6.49.